The van der Waals surface area contributed by atoms with E-state index in [9.17, 15) is 0 Å². The molecule has 0 amide bonds. The number of hydrogen-bond acceptors (Lipinski definition) is 1. The van der Waals surface area contributed by atoms with Gasteiger partial charge < -0.3 is 0 Å². The Morgan fingerprint density at radius 3 is 2.05 bits per heavy atom. The van der Waals surface area contributed by atoms with Gasteiger partial charge in [0.2, 0.25) is 0 Å². The Morgan fingerprint density at radius 2 is 1.39 bits per heavy atom. The molecule has 1 nitrogen and oxygen atoms in total. The Morgan fingerprint density at radius 1 is 0.710 bits per heavy atom. The molecule has 0 bridgehead atoms. The monoisotopic (exact) mass is 807 g/mol. The van der Waals surface area contributed by atoms with Crippen molar-refractivity contribution >= 4 is 17.0 Å². The molecule has 310 valence electrons. The molecule has 0 saturated carbocycles. The second kappa shape index (κ2) is 19.4. The van der Waals surface area contributed by atoms with Crippen LogP contribution in [0.25, 0.3) is 33.5 Å². The Labute approximate surface area is 371 Å². The molecular formula is C61H61N. The molecule has 3 unspecified atom stereocenters. The van der Waals surface area contributed by atoms with E-state index >= 15 is 0 Å². The molecule has 0 aliphatic heterocycles. The highest BCUT2D eigenvalue weighted by atomic mass is 14.8. The topological polar surface area (TPSA) is 12.4 Å². The van der Waals surface area contributed by atoms with Crippen LogP contribution in [0.2, 0.25) is 0 Å². The molecule has 0 heterocycles. The Kier molecular flexibility index (Phi) is 12.9. The molecule has 9 rings (SSSR count). The van der Waals surface area contributed by atoms with Gasteiger partial charge in [0.05, 0.1) is 0 Å². The average molecular weight is 808 g/mol. The first kappa shape index (κ1) is 41.3. The van der Waals surface area contributed by atoms with Gasteiger partial charge >= 0.3 is 0 Å². The number of nitrogens with zero attached hydrogens (tertiary/aromatic N) is 1. The third-order valence-electron chi connectivity index (χ3n) is 14.2. The van der Waals surface area contributed by atoms with Crippen molar-refractivity contribution in [1.29, 1.82) is 0 Å². The number of rotatable bonds is 11. The van der Waals surface area contributed by atoms with Gasteiger partial charge in [0.25, 0.3) is 0 Å². The van der Waals surface area contributed by atoms with Crippen molar-refractivity contribution < 1.29 is 0 Å². The summed E-state index contributed by atoms with van der Waals surface area (Å²) in [5.41, 5.74) is 25.6. The summed E-state index contributed by atoms with van der Waals surface area (Å²) in [5, 5.41) is 0. The van der Waals surface area contributed by atoms with Crippen molar-refractivity contribution in [2.75, 3.05) is 0 Å². The number of aliphatic imine (C=N–C) groups is 1. The lowest BCUT2D eigenvalue weighted by Gasteiger charge is -2.42. The largest absolute Gasteiger partial charge is 0.249 e. The molecule has 5 aliphatic rings. The molecular weight excluding hydrogens is 747 g/mol. The molecule has 4 aromatic rings. The van der Waals surface area contributed by atoms with E-state index in [2.05, 4.69) is 178 Å². The summed E-state index contributed by atoms with van der Waals surface area (Å²) in [6.07, 6.45) is 33.0. The molecule has 0 saturated heterocycles. The van der Waals surface area contributed by atoms with Crippen LogP contribution in [0.15, 0.2) is 214 Å². The Bertz CT molecular complexity index is 2600. The first-order chi connectivity index (χ1) is 30.6. The van der Waals surface area contributed by atoms with Gasteiger partial charge in [0.1, 0.15) is 5.70 Å². The van der Waals surface area contributed by atoms with E-state index in [1.54, 1.807) is 33.4 Å². The highest BCUT2D eigenvalue weighted by Crippen LogP contribution is 2.52. The predicted molar refractivity (Wildman–Crippen MR) is 266 cm³/mol. The van der Waals surface area contributed by atoms with E-state index in [4.69, 9.17) is 4.99 Å². The number of benzene rings is 4. The minimum absolute atomic E-state index is 0.388. The van der Waals surface area contributed by atoms with E-state index in [1.807, 2.05) is 11.6 Å². The molecule has 5 aliphatic carbocycles. The lowest BCUT2D eigenvalue weighted by Crippen LogP contribution is -2.29. The van der Waals surface area contributed by atoms with Gasteiger partial charge in [-0.2, -0.15) is 0 Å². The highest BCUT2D eigenvalue weighted by Gasteiger charge is 2.38. The van der Waals surface area contributed by atoms with Crippen molar-refractivity contribution in [3.63, 3.8) is 0 Å². The van der Waals surface area contributed by atoms with Gasteiger partial charge in [-0.3, -0.25) is 0 Å². The maximum atomic E-state index is 5.46. The lowest BCUT2D eigenvalue weighted by atomic mass is 9.62. The van der Waals surface area contributed by atoms with E-state index in [0.29, 0.717) is 17.8 Å². The van der Waals surface area contributed by atoms with Gasteiger partial charge in [-0.05, 0) is 169 Å². The average Bonchev–Trinajstić information content (AvgIpc) is 3.35. The third kappa shape index (κ3) is 8.97. The quantitative estimate of drug-likeness (QED) is 0.0813. The van der Waals surface area contributed by atoms with Gasteiger partial charge in [0, 0.05) is 17.2 Å². The van der Waals surface area contributed by atoms with Crippen LogP contribution in [0.1, 0.15) is 102 Å². The van der Waals surface area contributed by atoms with Crippen LogP contribution < -0.4 is 0 Å². The fraction of sp³-hybridized carbons (Fsp3) is 0.279. The minimum Gasteiger partial charge on any atom is -0.249 e. The standard InChI is InChI=1S/C61H61N/c1-4-17-46(49-30-32-50(33-31-49)47-18-8-6-9-19-47)40-41-60(52-36-34-51(35-37-52)48-20-10-7-11-21-48)62-43(3)45-28-38-53(39-29-45)61-44(5-2)23-16-27-58(61)59-42-54-22-12-13-24-55(54)56-25-14-15-26-57(56)59/h4,6-12,16-23,30-38,40,45,58-59H,1,5,13-15,24-29,39,42H2,2-3H3/b46-17-,62-43?. The smallest absolute Gasteiger partial charge is 0.112 e. The predicted octanol–water partition coefficient (Wildman–Crippen LogP) is 16.8. The van der Waals surface area contributed by atoms with Crippen LogP contribution in [-0.4, -0.2) is 5.71 Å². The van der Waals surface area contributed by atoms with E-state index in [1.165, 1.54) is 72.9 Å². The Balaban J connectivity index is 1.02. The SMILES string of the molecule is C=C/C=C(/C=C=C(N=C(C)C1CC=C(C2=C(CC)C=CCC2C2CC3=C(CCC=C3)C3=C2CCCC3)CC1)c1ccc(-c2ccccc2)cc1)c1ccc(-c2ccccc2)cc1. The summed E-state index contributed by atoms with van der Waals surface area (Å²) in [4.78, 5) is 5.46. The minimum atomic E-state index is 0.388. The first-order valence-corrected chi connectivity index (χ1v) is 23.4. The molecule has 1 heteroatoms. The summed E-state index contributed by atoms with van der Waals surface area (Å²) in [7, 11) is 0. The van der Waals surface area contributed by atoms with Crippen molar-refractivity contribution in [3.8, 4) is 22.3 Å². The lowest BCUT2D eigenvalue weighted by molar-refractivity contribution is 0.391. The first-order valence-electron chi connectivity index (χ1n) is 23.4. The maximum Gasteiger partial charge on any atom is 0.112 e. The van der Waals surface area contributed by atoms with E-state index in [-0.39, 0.29) is 0 Å². The summed E-state index contributed by atoms with van der Waals surface area (Å²) in [5.74, 6) is 1.59. The molecule has 0 radical (unpaired) electrons. The molecule has 62 heavy (non-hydrogen) atoms. The van der Waals surface area contributed by atoms with Gasteiger partial charge in [0.15, 0.2) is 0 Å². The van der Waals surface area contributed by atoms with Crippen molar-refractivity contribution in [2.24, 2.45) is 22.7 Å². The van der Waals surface area contributed by atoms with Crippen LogP contribution in [-0.2, 0) is 0 Å². The molecule has 4 aromatic carbocycles. The van der Waals surface area contributed by atoms with Crippen LogP contribution in [0, 0.1) is 17.8 Å². The summed E-state index contributed by atoms with van der Waals surface area (Å²) < 4.78 is 0. The molecule has 0 spiro atoms. The maximum absolute atomic E-state index is 5.46. The molecule has 3 atom stereocenters. The Hall–Kier alpha value is -6.01. The zero-order valence-corrected chi connectivity index (χ0v) is 36.9. The second-order valence-electron chi connectivity index (χ2n) is 17.8. The third-order valence-corrected chi connectivity index (χ3v) is 14.2. The highest BCUT2D eigenvalue weighted by molar-refractivity contribution is 5.91. The van der Waals surface area contributed by atoms with Gasteiger partial charge in [-0.25, -0.2) is 4.99 Å². The van der Waals surface area contributed by atoms with E-state index in [0.717, 1.165) is 54.5 Å². The van der Waals surface area contributed by atoms with Crippen molar-refractivity contribution in [1.82, 2.24) is 0 Å². The van der Waals surface area contributed by atoms with Crippen LogP contribution >= 0.6 is 0 Å². The van der Waals surface area contributed by atoms with Crippen molar-refractivity contribution in [2.45, 2.75) is 90.9 Å². The number of fused-ring (bicyclic) bond motifs is 1. The molecule has 0 fully saturated rings. The number of allylic oxidation sites excluding steroid dienone is 16. The zero-order valence-electron chi connectivity index (χ0n) is 36.9. The summed E-state index contributed by atoms with van der Waals surface area (Å²) >= 11 is 0. The summed E-state index contributed by atoms with van der Waals surface area (Å²) in [6.45, 7) is 8.67. The normalized spacial score (nSPS) is 21.5. The fourth-order valence-electron chi connectivity index (χ4n) is 10.9. The van der Waals surface area contributed by atoms with Crippen LogP contribution in [0.3, 0.4) is 0 Å². The van der Waals surface area contributed by atoms with Gasteiger partial charge in [-0.1, -0.05) is 177 Å². The van der Waals surface area contributed by atoms with Crippen molar-refractivity contribution in [3.05, 3.63) is 220 Å². The fourth-order valence-corrected chi connectivity index (χ4v) is 10.9. The van der Waals surface area contributed by atoms with Crippen LogP contribution in [0.5, 0.6) is 0 Å². The molecule has 0 N–H and O–H groups in total. The molecule has 0 aromatic heterocycles. The summed E-state index contributed by atoms with van der Waals surface area (Å²) in [6, 6.07) is 38.8. The zero-order chi connectivity index (χ0) is 42.3. The van der Waals surface area contributed by atoms with Gasteiger partial charge in [-0.15, -0.1) is 0 Å². The second-order valence-corrected chi connectivity index (χ2v) is 17.8. The number of hydrogen-bond donors (Lipinski definition) is 0. The van der Waals surface area contributed by atoms with E-state index < -0.39 is 0 Å². The van der Waals surface area contributed by atoms with Crippen LogP contribution in [0.4, 0.5) is 0 Å².